The molecule has 66 heavy (non-hydrogen) atoms. The van der Waals surface area contributed by atoms with E-state index >= 15 is 0 Å². The average Bonchev–Trinajstić information content (AvgIpc) is 3.99. The molecule has 15 rings (SSSR count). The minimum absolute atomic E-state index is 0.545. The molecule has 3 heterocycles. The predicted octanol–water partition coefficient (Wildman–Crippen LogP) is 16.5. The molecule has 10 aromatic carbocycles. The van der Waals surface area contributed by atoms with Gasteiger partial charge in [0, 0.05) is 59.5 Å². The highest BCUT2D eigenvalue weighted by molar-refractivity contribution is 7.25. The maximum Gasteiger partial charge on any atom is 0.132 e. The summed E-state index contributed by atoms with van der Waals surface area (Å²) in [5.41, 5.74) is 16.9. The molecule has 0 saturated carbocycles. The summed E-state index contributed by atoms with van der Waals surface area (Å²) in [7, 11) is 0. The third kappa shape index (κ3) is 4.56. The standard InChI is InChI=1S/C62H37NO2S/c1-4-18-47-41(15-1)44-35-38(29-32-49(44)61(47)51-20-6-10-24-55(51)64-56-25-11-7-21-52(56)61)63(40-31-34-60-46(37-40)43-17-3-14-28-59(43)66-60)39-30-33-50-45(36-39)42-16-2-5-19-48(42)62(50)53-22-8-12-26-57(53)65-58-27-13-9-23-54(58)62/h1-37H. The van der Waals surface area contributed by atoms with Crippen LogP contribution in [-0.2, 0) is 10.8 Å². The van der Waals surface area contributed by atoms with Gasteiger partial charge in [0.05, 0.1) is 10.8 Å². The van der Waals surface area contributed by atoms with Gasteiger partial charge in [-0.2, -0.15) is 0 Å². The van der Waals surface area contributed by atoms with Crippen LogP contribution in [-0.4, -0.2) is 0 Å². The molecule has 2 aliphatic carbocycles. The Bertz CT molecular complexity index is 3590. The molecular weight excluding hydrogens is 823 g/mol. The van der Waals surface area contributed by atoms with Gasteiger partial charge in [0.15, 0.2) is 0 Å². The van der Waals surface area contributed by atoms with Crippen molar-refractivity contribution in [1.29, 1.82) is 0 Å². The van der Waals surface area contributed by atoms with Crippen LogP contribution in [0.4, 0.5) is 17.1 Å². The van der Waals surface area contributed by atoms with Crippen molar-refractivity contribution in [3.05, 3.63) is 269 Å². The molecule has 2 aliphatic heterocycles. The highest BCUT2D eigenvalue weighted by Crippen LogP contribution is 2.64. The zero-order chi connectivity index (χ0) is 43.1. The maximum atomic E-state index is 6.66. The molecule has 0 saturated heterocycles. The van der Waals surface area contributed by atoms with Gasteiger partial charge >= 0.3 is 0 Å². The number of ether oxygens (including phenoxy) is 2. The SMILES string of the molecule is c1ccc2c(c1)Oc1ccccc1C21c2ccccc2-c2cc(N(c3ccc4c(c3)-c3ccccc3C43c4ccccc4Oc4ccccc43)c3ccc4sc5ccccc5c4c3)ccc21. The Morgan fingerprint density at radius 3 is 1.15 bits per heavy atom. The van der Waals surface area contributed by atoms with E-state index in [1.807, 2.05) is 11.3 Å². The molecule has 1 aromatic heterocycles. The third-order valence-corrected chi connectivity index (χ3v) is 15.9. The van der Waals surface area contributed by atoms with Gasteiger partial charge in [0.2, 0.25) is 0 Å². The Labute approximate surface area is 386 Å². The first kappa shape index (κ1) is 36.2. The van der Waals surface area contributed by atoms with E-state index in [2.05, 4.69) is 229 Å². The molecule has 0 radical (unpaired) electrons. The average molecular weight is 860 g/mol. The summed E-state index contributed by atoms with van der Waals surface area (Å²) in [6.07, 6.45) is 0. The molecule has 0 unspecified atom stereocenters. The molecule has 2 spiro atoms. The van der Waals surface area contributed by atoms with Gasteiger partial charge in [-0.25, -0.2) is 0 Å². The fraction of sp³-hybridized carbons (Fsp3) is 0.0323. The number of para-hydroxylation sites is 4. The first-order valence-electron chi connectivity index (χ1n) is 22.7. The summed E-state index contributed by atoms with van der Waals surface area (Å²) >= 11 is 1.85. The summed E-state index contributed by atoms with van der Waals surface area (Å²) < 4.78 is 15.9. The number of benzene rings is 10. The highest BCUT2D eigenvalue weighted by atomic mass is 32.1. The molecule has 4 aliphatic rings. The van der Waals surface area contributed by atoms with Crippen molar-refractivity contribution in [3.8, 4) is 45.3 Å². The molecular formula is C62H37NO2S. The van der Waals surface area contributed by atoms with E-state index < -0.39 is 10.8 Å². The van der Waals surface area contributed by atoms with Crippen molar-refractivity contribution in [2.75, 3.05) is 4.90 Å². The van der Waals surface area contributed by atoms with E-state index in [9.17, 15) is 0 Å². The first-order chi connectivity index (χ1) is 32.7. The van der Waals surface area contributed by atoms with Crippen molar-refractivity contribution in [1.82, 2.24) is 0 Å². The van der Waals surface area contributed by atoms with Crippen LogP contribution in [0.3, 0.4) is 0 Å². The van der Waals surface area contributed by atoms with E-state index in [1.54, 1.807) is 0 Å². The van der Waals surface area contributed by atoms with Crippen LogP contribution >= 0.6 is 11.3 Å². The lowest BCUT2D eigenvalue weighted by Gasteiger charge is -2.39. The van der Waals surface area contributed by atoms with Gasteiger partial charge in [0.25, 0.3) is 0 Å². The second kappa shape index (κ2) is 13.2. The molecule has 3 nitrogen and oxygen atoms in total. The van der Waals surface area contributed by atoms with Gasteiger partial charge in [-0.05, 0) is 117 Å². The molecule has 0 bridgehead atoms. The first-order valence-corrected chi connectivity index (χ1v) is 23.5. The van der Waals surface area contributed by atoms with Crippen LogP contribution in [0.1, 0.15) is 44.5 Å². The predicted molar refractivity (Wildman–Crippen MR) is 269 cm³/mol. The summed E-state index contributed by atoms with van der Waals surface area (Å²) in [5, 5.41) is 2.54. The van der Waals surface area contributed by atoms with E-state index in [1.165, 1.54) is 64.7 Å². The van der Waals surface area contributed by atoms with E-state index in [4.69, 9.17) is 9.47 Å². The Morgan fingerprint density at radius 2 is 0.652 bits per heavy atom. The van der Waals surface area contributed by atoms with E-state index in [0.717, 1.165) is 62.3 Å². The summed E-state index contributed by atoms with van der Waals surface area (Å²) in [6, 6.07) is 82.5. The number of nitrogens with zero attached hydrogens (tertiary/aromatic N) is 1. The smallest absolute Gasteiger partial charge is 0.132 e. The number of fused-ring (bicyclic) bond motifs is 21. The molecule has 0 N–H and O–H groups in total. The van der Waals surface area contributed by atoms with Crippen LogP contribution in [0.2, 0.25) is 0 Å². The minimum atomic E-state index is -0.545. The largest absolute Gasteiger partial charge is 0.457 e. The molecule has 0 amide bonds. The molecule has 0 atom stereocenters. The number of rotatable bonds is 3. The summed E-state index contributed by atoms with van der Waals surface area (Å²) in [5.74, 6) is 3.58. The lowest BCUT2D eigenvalue weighted by Crippen LogP contribution is -2.32. The zero-order valence-corrected chi connectivity index (χ0v) is 36.4. The molecule has 0 fully saturated rings. The Morgan fingerprint density at radius 1 is 0.288 bits per heavy atom. The van der Waals surface area contributed by atoms with E-state index in [0.29, 0.717) is 0 Å². The van der Waals surface area contributed by atoms with Crippen LogP contribution in [0.25, 0.3) is 42.4 Å². The fourth-order valence-electron chi connectivity index (χ4n) is 12.3. The van der Waals surface area contributed by atoms with Gasteiger partial charge < -0.3 is 14.4 Å². The van der Waals surface area contributed by atoms with Crippen LogP contribution < -0.4 is 14.4 Å². The van der Waals surface area contributed by atoms with Crippen LogP contribution in [0.5, 0.6) is 23.0 Å². The topological polar surface area (TPSA) is 21.7 Å². The lowest BCUT2D eigenvalue weighted by molar-refractivity contribution is 0.436. The van der Waals surface area contributed by atoms with Crippen molar-refractivity contribution < 1.29 is 9.47 Å². The third-order valence-electron chi connectivity index (χ3n) is 14.8. The van der Waals surface area contributed by atoms with Crippen molar-refractivity contribution >= 4 is 48.6 Å². The minimum Gasteiger partial charge on any atom is -0.457 e. The molecule has 11 aromatic rings. The normalized spacial score (nSPS) is 14.5. The number of anilines is 3. The Hall–Kier alpha value is -8.18. The van der Waals surface area contributed by atoms with Gasteiger partial charge in [0.1, 0.15) is 23.0 Å². The second-order valence-corrected chi connectivity index (χ2v) is 18.9. The molecule has 4 heteroatoms. The molecule has 308 valence electrons. The zero-order valence-electron chi connectivity index (χ0n) is 35.5. The van der Waals surface area contributed by atoms with Crippen LogP contribution in [0, 0.1) is 0 Å². The number of hydrogen-bond donors (Lipinski definition) is 0. The van der Waals surface area contributed by atoms with Gasteiger partial charge in [-0.15, -0.1) is 11.3 Å². The van der Waals surface area contributed by atoms with E-state index in [-0.39, 0.29) is 0 Å². The summed E-state index contributed by atoms with van der Waals surface area (Å²) in [6.45, 7) is 0. The maximum absolute atomic E-state index is 6.66. The number of hydrogen-bond acceptors (Lipinski definition) is 4. The monoisotopic (exact) mass is 859 g/mol. The number of thiophene rings is 1. The van der Waals surface area contributed by atoms with Crippen molar-refractivity contribution in [2.24, 2.45) is 0 Å². The van der Waals surface area contributed by atoms with Crippen molar-refractivity contribution in [3.63, 3.8) is 0 Å². The quantitative estimate of drug-likeness (QED) is 0.177. The second-order valence-electron chi connectivity index (χ2n) is 17.9. The highest BCUT2D eigenvalue weighted by Gasteiger charge is 2.52. The van der Waals surface area contributed by atoms with Gasteiger partial charge in [-0.1, -0.05) is 152 Å². The van der Waals surface area contributed by atoms with Crippen molar-refractivity contribution in [2.45, 2.75) is 10.8 Å². The Kier molecular flexibility index (Phi) is 7.24. The fourth-order valence-corrected chi connectivity index (χ4v) is 13.4. The Balaban J connectivity index is 0.994. The summed E-state index contributed by atoms with van der Waals surface area (Å²) in [4.78, 5) is 2.48. The lowest BCUT2D eigenvalue weighted by atomic mass is 9.66. The van der Waals surface area contributed by atoms with Gasteiger partial charge in [-0.3, -0.25) is 0 Å². The van der Waals surface area contributed by atoms with Crippen LogP contribution in [0.15, 0.2) is 224 Å².